The molecule has 0 bridgehead atoms. The van der Waals surface area contributed by atoms with E-state index in [1.165, 1.54) is 30.5 Å². The number of carbonyl (C=O) groups is 1. The molecule has 5 N–H and O–H groups in total. The number of aromatic nitrogens is 4. The van der Waals surface area contributed by atoms with Crippen molar-refractivity contribution in [1.82, 2.24) is 24.4 Å². The third-order valence-electron chi connectivity index (χ3n) is 10.2. The second-order valence-electron chi connectivity index (χ2n) is 13.6. The van der Waals surface area contributed by atoms with Gasteiger partial charge in [-0.1, -0.05) is 0 Å². The molecule has 0 unspecified atom stereocenters. The lowest BCUT2D eigenvalue weighted by atomic mass is 9.99. The van der Waals surface area contributed by atoms with E-state index in [9.17, 15) is 18.8 Å². The van der Waals surface area contributed by atoms with E-state index in [1.54, 1.807) is 16.8 Å². The van der Waals surface area contributed by atoms with E-state index in [0.717, 1.165) is 62.0 Å². The van der Waals surface area contributed by atoms with Gasteiger partial charge in [0.05, 0.1) is 10.9 Å². The first-order valence-corrected chi connectivity index (χ1v) is 17.5. The van der Waals surface area contributed by atoms with Gasteiger partial charge in [0.2, 0.25) is 5.43 Å². The van der Waals surface area contributed by atoms with E-state index < -0.39 is 28.5 Å². The van der Waals surface area contributed by atoms with Crippen LogP contribution in [-0.2, 0) is 11.3 Å². The number of hydrogen-bond donors (Lipinski definition) is 4. The Balaban J connectivity index is 1.11. The number of nitrogen functional groups attached to an aromatic ring is 1. The molecule has 11 nitrogen and oxygen atoms in total. The van der Waals surface area contributed by atoms with E-state index >= 15 is 4.39 Å². The number of halogens is 2. The number of nitrogens with zero attached hydrogens (tertiary/aromatic N) is 3. The SMILES string of the molecule is Nc1ncc(-c2ccn(C3CCNCC3)c2)cc1-c1ccc(NC(=O)c2cn(CC3CCOCC3)c3c(=O)[nH]c4cc(F)ccc4c3c2=O)cc1F. The molecule has 0 aliphatic carbocycles. The zero-order valence-electron chi connectivity index (χ0n) is 28.3. The number of hydrogen-bond acceptors (Lipinski definition) is 7. The van der Waals surface area contributed by atoms with Gasteiger partial charge in [-0.2, -0.15) is 0 Å². The second kappa shape index (κ2) is 13.8. The van der Waals surface area contributed by atoms with Gasteiger partial charge in [0.1, 0.15) is 28.5 Å². The Bertz CT molecular complexity index is 2460. The number of benzene rings is 2. The largest absolute Gasteiger partial charge is 0.383 e. The van der Waals surface area contributed by atoms with Gasteiger partial charge in [0, 0.05) is 83.9 Å². The van der Waals surface area contributed by atoms with E-state index in [-0.39, 0.29) is 45.0 Å². The van der Waals surface area contributed by atoms with Crippen LogP contribution in [0, 0.1) is 17.6 Å². The molecule has 8 rings (SSSR count). The molecule has 0 radical (unpaired) electrons. The fraction of sp³-hybridized carbons (Fsp3) is 0.282. The molecule has 2 saturated heterocycles. The lowest BCUT2D eigenvalue weighted by Crippen LogP contribution is -2.29. The van der Waals surface area contributed by atoms with E-state index in [0.29, 0.717) is 36.8 Å². The van der Waals surface area contributed by atoms with Gasteiger partial charge in [-0.25, -0.2) is 13.8 Å². The fourth-order valence-electron chi connectivity index (χ4n) is 7.47. The summed E-state index contributed by atoms with van der Waals surface area (Å²) >= 11 is 0. The van der Waals surface area contributed by atoms with E-state index in [4.69, 9.17) is 10.5 Å². The molecule has 2 aromatic carbocycles. The first-order valence-electron chi connectivity index (χ1n) is 17.5. The number of anilines is 2. The average molecular weight is 706 g/mol. The predicted molar refractivity (Wildman–Crippen MR) is 196 cm³/mol. The van der Waals surface area contributed by atoms with Crippen LogP contribution >= 0.6 is 0 Å². The van der Waals surface area contributed by atoms with Crippen LogP contribution in [0.2, 0.25) is 0 Å². The van der Waals surface area contributed by atoms with Crippen molar-refractivity contribution >= 4 is 39.2 Å². The minimum absolute atomic E-state index is 0.00828. The summed E-state index contributed by atoms with van der Waals surface area (Å²) in [6.07, 6.45) is 10.7. The van der Waals surface area contributed by atoms with Crippen molar-refractivity contribution < 1.29 is 18.3 Å². The monoisotopic (exact) mass is 705 g/mol. The number of fused-ring (bicyclic) bond motifs is 3. The lowest BCUT2D eigenvalue weighted by Gasteiger charge is -2.24. The van der Waals surface area contributed by atoms with Gasteiger partial charge in [0.15, 0.2) is 0 Å². The topological polar surface area (TPSA) is 149 Å². The number of nitrogens with two attached hydrogens (primary N) is 1. The molecule has 1 amide bonds. The average Bonchev–Trinajstić information content (AvgIpc) is 3.64. The Kier molecular flexibility index (Phi) is 8.89. The molecule has 13 heteroatoms. The zero-order valence-corrected chi connectivity index (χ0v) is 28.3. The highest BCUT2D eigenvalue weighted by atomic mass is 19.1. The summed E-state index contributed by atoms with van der Waals surface area (Å²) in [6.45, 7) is 3.43. The summed E-state index contributed by atoms with van der Waals surface area (Å²) in [5.74, 6) is -1.72. The maximum atomic E-state index is 15.8. The molecule has 6 aromatic rings. The van der Waals surface area contributed by atoms with Crippen LogP contribution < -0.4 is 27.4 Å². The van der Waals surface area contributed by atoms with Gasteiger partial charge in [-0.05, 0) is 93.2 Å². The minimum atomic E-state index is -0.781. The third-order valence-corrected chi connectivity index (χ3v) is 10.2. The summed E-state index contributed by atoms with van der Waals surface area (Å²) in [5, 5.41) is 6.36. The van der Waals surface area contributed by atoms with Crippen molar-refractivity contribution in [3.63, 3.8) is 0 Å². The molecule has 2 fully saturated rings. The van der Waals surface area contributed by atoms with Crippen LogP contribution in [0.25, 0.3) is 44.1 Å². The summed E-state index contributed by atoms with van der Waals surface area (Å²) in [5.41, 5.74) is 7.41. The molecular formula is C39H37F2N7O4. The molecule has 0 atom stereocenters. The van der Waals surface area contributed by atoms with Gasteiger partial charge < -0.3 is 35.2 Å². The van der Waals surface area contributed by atoms with Crippen molar-refractivity contribution in [3.8, 4) is 22.3 Å². The first kappa shape index (κ1) is 33.5. The highest BCUT2D eigenvalue weighted by Gasteiger charge is 2.24. The molecule has 0 saturated carbocycles. The summed E-state index contributed by atoms with van der Waals surface area (Å²) in [4.78, 5) is 48.2. The minimum Gasteiger partial charge on any atom is -0.383 e. The Morgan fingerprint density at radius 3 is 2.56 bits per heavy atom. The number of pyridine rings is 3. The smallest absolute Gasteiger partial charge is 0.273 e. The van der Waals surface area contributed by atoms with Gasteiger partial charge in [0.25, 0.3) is 11.5 Å². The van der Waals surface area contributed by atoms with E-state index in [2.05, 4.69) is 37.6 Å². The Hall–Kier alpha value is -5.66. The van der Waals surface area contributed by atoms with Crippen LogP contribution in [0.3, 0.4) is 0 Å². The number of carbonyl (C=O) groups excluding carboxylic acids is 1. The molecule has 0 spiro atoms. The summed E-state index contributed by atoms with van der Waals surface area (Å²) in [6, 6.07) is 12.2. The van der Waals surface area contributed by atoms with Crippen molar-refractivity contribution in [2.75, 3.05) is 37.4 Å². The van der Waals surface area contributed by atoms with Crippen LogP contribution in [0.1, 0.15) is 42.1 Å². The number of aromatic amines is 1. The Morgan fingerprint density at radius 1 is 0.962 bits per heavy atom. The summed E-state index contributed by atoms with van der Waals surface area (Å²) in [7, 11) is 0. The number of piperidine rings is 1. The van der Waals surface area contributed by atoms with Crippen molar-refractivity contribution in [3.05, 3.63) is 111 Å². The van der Waals surface area contributed by atoms with Crippen molar-refractivity contribution in [1.29, 1.82) is 0 Å². The normalized spacial score (nSPS) is 15.7. The van der Waals surface area contributed by atoms with Crippen molar-refractivity contribution in [2.45, 2.75) is 38.3 Å². The number of H-pyrrole nitrogens is 1. The molecule has 6 heterocycles. The number of rotatable bonds is 7. The fourth-order valence-corrected chi connectivity index (χ4v) is 7.47. The Morgan fingerprint density at radius 2 is 1.77 bits per heavy atom. The van der Waals surface area contributed by atoms with Gasteiger partial charge in [-0.3, -0.25) is 14.4 Å². The lowest BCUT2D eigenvalue weighted by molar-refractivity contribution is 0.0615. The van der Waals surface area contributed by atoms with Crippen LogP contribution in [0.5, 0.6) is 0 Å². The van der Waals surface area contributed by atoms with Crippen LogP contribution in [0.15, 0.2) is 82.9 Å². The highest BCUT2D eigenvalue weighted by molar-refractivity contribution is 6.10. The maximum absolute atomic E-state index is 15.8. The Labute approximate surface area is 296 Å². The molecule has 2 aliphatic heterocycles. The molecule has 266 valence electrons. The maximum Gasteiger partial charge on any atom is 0.273 e. The standard InChI is InChI=1S/C39H37F2N7O4/c40-25-1-3-29-33(16-25)46-39(51)35-34(29)36(49)31(21-48(35)19-22-8-13-52-14-9-22)38(50)45-26-2-4-28(32(41)17-26)30-15-24(18-44-37(30)42)23-7-12-47(20-23)27-5-10-43-11-6-27/h1-4,7,12,15-18,20-22,27,43H,5-6,8-11,13-14,19H2,(H2,42,44)(H,45,50)(H,46,51). The predicted octanol–water partition coefficient (Wildman–Crippen LogP) is 5.84. The number of amides is 1. The molecule has 4 aromatic heterocycles. The molecule has 52 heavy (non-hydrogen) atoms. The van der Waals surface area contributed by atoms with Gasteiger partial charge in [-0.15, -0.1) is 0 Å². The van der Waals surface area contributed by atoms with Crippen molar-refractivity contribution in [2.24, 2.45) is 5.92 Å². The van der Waals surface area contributed by atoms with Crippen LogP contribution in [-0.4, -0.2) is 51.3 Å². The van der Waals surface area contributed by atoms with Crippen LogP contribution in [0.4, 0.5) is 20.3 Å². The van der Waals surface area contributed by atoms with E-state index in [1.807, 2.05) is 6.07 Å². The van der Waals surface area contributed by atoms with Gasteiger partial charge >= 0.3 is 0 Å². The summed E-state index contributed by atoms with van der Waals surface area (Å²) < 4.78 is 39.3. The molecule has 2 aliphatic rings. The highest BCUT2D eigenvalue weighted by Crippen LogP contribution is 2.34. The molecular weight excluding hydrogens is 668 g/mol. The second-order valence-corrected chi connectivity index (χ2v) is 13.6. The number of nitrogens with one attached hydrogen (secondary N) is 3. The first-order chi connectivity index (χ1) is 25.2. The zero-order chi connectivity index (χ0) is 35.9. The number of ether oxygens (including phenoxy) is 1. The third kappa shape index (κ3) is 6.37. The quantitative estimate of drug-likeness (QED) is 0.153.